The molecule has 1 aromatic carbocycles. The van der Waals surface area contributed by atoms with Crippen LogP contribution in [0.4, 0.5) is 5.69 Å². The molecule has 7 nitrogen and oxygen atoms in total. The predicted octanol–water partition coefficient (Wildman–Crippen LogP) is 0.810. The number of rotatable bonds is 4. The number of aromatic carboxylic acids is 1. The highest BCUT2D eigenvalue weighted by Crippen LogP contribution is 2.24. The molecule has 1 atom stereocenters. The van der Waals surface area contributed by atoms with Gasteiger partial charge in [-0.3, -0.25) is 9.59 Å². The topological polar surface area (TPSA) is 95.9 Å². The molecule has 112 valence electrons. The minimum absolute atomic E-state index is 0.0197. The highest BCUT2D eigenvalue weighted by molar-refractivity contribution is 5.98. The summed E-state index contributed by atoms with van der Waals surface area (Å²) in [6.07, 6.45) is 0.187. The molecule has 1 aromatic rings. The van der Waals surface area contributed by atoms with Crippen molar-refractivity contribution >= 4 is 23.5 Å². The first kappa shape index (κ1) is 14.8. The number of carboxylic acids is 1. The van der Waals surface area contributed by atoms with Crippen LogP contribution in [0.1, 0.15) is 16.8 Å². The van der Waals surface area contributed by atoms with E-state index in [2.05, 4.69) is 5.32 Å². The van der Waals surface area contributed by atoms with Gasteiger partial charge in [0, 0.05) is 31.8 Å². The van der Waals surface area contributed by atoms with E-state index in [1.54, 1.807) is 7.05 Å². The lowest BCUT2D eigenvalue weighted by Crippen LogP contribution is -2.25. The van der Waals surface area contributed by atoms with Crippen molar-refractivity contribution in [2.24, 2.45) is 5.92 Å². The fourth-order valence-corrected chi connectivity index (χ4v) is 2.23. The van der Waals surface area contributed by atoms with Crippen molar-refractivity contribution < 1.29 is 24.2 Å². The van der Waals surface area contributed by atoms with Gasteiger partial charge in [0.15, 0.2) is 0 Å². The summed E-state index contributed by atoms with van der Waals surface area (Å²) < 4.78 is 4.99. The number of carbonyl (C=O) groups is 3. The van der Waals surface area contributed by atoms with E-state index >= 15 is 0 Å². The number of nitrogens with one attached hydrogen (secondary N) is 1. The summed E-state index contributed by atoms with van der Waals surface area (Å²) in [5.41, 5.74) is 0.454. The molecule has 0 saturated carbocycles. The van der Waals surface area contributed by atoms with E-state index in [1.165, 1.54) is 30.2 Å². The lowest BCUT2D eigenvalue weighted by molar-refractivity contribution is -0.127. The number of hydrogen-bond donors (Lipinski definition) is 2. The number of likely N-dealkylation sites (tertiary alicyclic amines) is 1. The number of amides is 2. The molecule has 1 aliphatic rings. The molecule has 2 amide bonds. The normalized spacial score (nSPS) is 17.7. The molecule has 7 heteroatoms. The molecular weight excluding hydrogens is 276 g/mol. The van der Waals surface area contributed by atoms with Crippen LogP contribution in [-0.4, -0.2) is 48.5 Å². The highest BCUT2D eigenvalue weighted by Gasteiger charge is 2.32. The summed E-state index contributed by atoms with van der Waals surface area (Å²) in [7, 11) is 3.01. The Hall–Kier alpha value is -2.57. The molecule has 0 radical (unpaired) electrons. The zero-order valence-electron chi connectivity index (χ0n) is 11.8. The van der Waals surface area contributed by atoms with Crippen LogP contribution in [-0.2, 0) is 9.59 Å². The van der Waals surface area contributed by atoms with Gasteiger partial charge in [-0.1, -0.05) is 0 Å². The molecule has 1 aliphatic heterocycles. The van der Waals surface area contributed by atoms with Gasteiger partial charge in [0.1, 0.15) is 11.3 Å². The molecule has 21 heavy (non-hydrogen) atoms. The molecule has 1 heterocycles. The minimum atomic E-state index is -1.10. The second kappa shape index (κ2) is 5.82. The lowest BCUT2D eigenvalue weighted by Gasteiger charge is -2.12. The molecule has 2 rings (SSSR count). The number of benzene rings is 1. The highest BCUT2D eigenvalue weighted by atomic mass is 16.5. The van der Waals surface area contributed by atoms with Crippen LogP contribution in [0.3, 0.4) is 0 Å². The number of carboxylic acid groups (broad SMARTS) is 1. The first-order valence-corrected chi connectivity index (χ1v) is 6.38. The molecule has 0 aliphatic carbocycles. The number of methoxy groups -OCH3 is 1. The van der Waals surface area contributed by atoms with Crippen molar-refractivity contribution in [1.29, 1.82) is 0 Å². The molecule has 0 aromatic heterocycles. The zero-order valence-corrected chi connectivity index (χ0v) is 11.8. The molecule has 2 N–H and O–H groups in total. The third-order valence-electron chi connectivity index (χ3n) is 3.41. The SMILES string of the molecule is COc1cc(NC(=O)C2CC(=O)N(C)C2)ccc1C(=O)O. The Morgan fingerprint density at radius 1 is 1.43 bits per heavy atom. The van der Waals surface area contributed by atoms with Gasteiger partial charge >= 0.3 is 5.97 Å². The van der Waals surface area contributed by atoms with Crippen LogP contribution in [0.25, 0.3) is 0 Å². The fraction of sp³-hybridized carbons (Fsp3) is 0.357. The third kappa shape index (κ3) is 3.13. The number of carbonyl (C=O) groups excluding carboxylic acids is 2. The molecule has 0 spiro atoms. The fourth-order valence-electron chi connectivity index (χ4n) is 2.23. The van der Waals surface area contributed by atoms with Gasteiger partial charge < -0.3 is 20.1 Å². The van der Waals surface area contributed by atoms with Crippen molar-refractivity contribution in [2.75, 3.05) is 26.0 Å². The molecule has 1 unspecified atom stereocenters. The van der Waals surface area contributed by atoms with E-state index in [4.69, 9.17) is 9.84 Å². The van der Waals surface area contributed by atoms with Crippen molar-refractivity contribution in [2.45, 2.75) is 6.42 Å². The first-order valence-electron chi connectivity index (χ1n) is 6.38. The van der Waals surface area contributed by atoms with Gasteiger partial charge in [-0.15, -0.1) is 0 Å². The summed E-state index contributed by atoms with van der Waals surface area (Å²) >= 11 is 0. The van der Waals surface area contributed by atoms with Crippen LogP contribution in [0, 0.1) is 5.92 Å². The van der Waals surface area contributed by atoms with E-state index in [0.29, 0.717) is 12.2 Å². The van der Waals surface area contributed by atoms with E-state index in [-0.39, 0.29) is 29.5 Å². The Bertz CT molecular complexity index is 599. The van der Waals surface area contributed by atoms with Gasteiger partial charge in [0.05, 0.1) is 13.0 Å². The average molecular weight is 292 g/mol. The average Bonchev–Trinajstić information content (AvgIpc) is 2.78. The van der Waals surface area contributed by atoms with Gasteiger partial charge in [-0.2, -0.15) is 0 Å². The number of anilines is 1. The van der Waals surface area contributed by atoms with Crippen LogP contribution < -0.4 is 10.1 Å². The van der Waals surface area contributed by atoms with Gasteiger partial charge in [-0.25, -0.2) is 4.79 Å². The molecule has 1 saturated heterocycles. The van der Waals surface area contributed by atoms with Crippen LogP contribution in [0.15, 0.2) is 18.2 Å². The molecule has 0 bridgehead atoms. The summed E-state index contributed by atoms with van der Waals surface area (Å²) in [4.78, 5) is 36.0. The Morgan fingerprint density at radius 2 is 2.14 bits per heavy atom. The summed E-state index contributed by atoms with van der Waals surface area (Å²) in [6.45, 7) is 0.384. The largest absolute Gasteiger partial charge is 0.496 e. The predicted molar refractivity (Wildman–Crippen MR) is 74.3 cm³/mol. The monoisotopic (exact) mass is 292 g/mol. The third-order valence-corrected chi connectivity index (χ3v) is 3.41. The molecular formula is C14H16N2O5. The first-order chi connectivity index (χ1) is 9.92. The Kier molecular flexibility index (Phi) is 4.11. The van der Waals surface area contributed by atoms with Crippen molar-refractivity contribution in [3.05, 3.63) is 23.8 Å². The Morgan fingerprint density at radius 3 is 2.67 bits per heavy atom. The molecule has 1 fully saturated rings. The van der Waals surface area contributed by atoms with Crippen molar-refractivity contribution in [3.63, 3.8) is 0 Å². The Balaban J connectivity index is 2.11. The maximum atomic E-state index is 12.1. The zero-order chi connectivity index (χ0) is 15.6. The van der Waals surface area contributed by atoms with Crippen LogP contribution in [0.5, 0.6) is 5.75 Å². The van der Waals surface area contributed by atoms with Gasteiger partial charge in [0.2, 0.25) is 11.8 Å². The lowest BCUT2D eigenvalue weighted by atomic mass is 10.1. The maximum absolute atomic E-state index is 12.1. The van der Waals surface area contributed by atoms with Crippen LogP contribution in [0.2, 0.25) is 0 Å². The van der Waals surface area contributed by atoms with E-state index in [9.17, 15) is 14.4 Å². The van der Waals surface area contributed by atoms with Gasteiger partial charge in [-0.05, 0) is 12.1 Å². The van der Waals surface area contributed by atoms with Crippen molar-refractivity contribution in [3.8, 4) is 5.75 Å². The van der Waals surface area contributed by atoms with E-state index < -0.39 is 11.9 Å². The Labute approximate surface area is 121 Å². The van der Waals surface area contributed by atoms with E-state index in [0.717, 1.165) is 0 Å². The summed E-state index contributed by atoms with van der Waals surface area (Å²) in [5, 5.41) is 11.7. The maximum Gasteiger partial charge on any atom is 0.339 e. The number of nitrogens with zero attached hydrogens (tertiary/aromatic N) is 1. The van der Waals surface area contributed by atoms with Crippen molar-refractivity contribution in [1.82, 2.24) is 4.90 Å². The summed E-state index contributed by atoms with van der Waals surface area (Å²) in [6, 6.07) is 4.30. The summed E-state index contributed by atoms with van der Waals surface area (Å²) in [5.74, 6) is -1.66. The smallest absolute Gasteiger partial charge is 0.339 e. The number of ether oxygens (including phenoxy) is 1. The van der Waals surface area contributed by atoms with Crippen LogP contribution >= 0.6 is 0 Å². The standard InChI is InChI=1S/C14H16N2O5/c1-16-7-8(5-12(16)17)13(18)15-9-3-4-10(14(19)20)11(6-9)21-2/h3-4,6,8H,5,7H2,1-2H3,(H,15,18)(H,19,20). The second-order valence-corrected chi connectivity index (χ2v) is 4.88. The number of hydrogen-bond acceptors (Lipinski definition) is 4. The minimum Gasteiger partial charge on any atom is -0.496 e. The van der Waals surface area contributed by atoms with Gasteiger partial charge in [0.25, 0.3) is 0 Å². The van der Waals surface area contributed by atoms with E-state index in [1.807, 2.05) is 0 Å². The second-order valence-electron chi connectivity index (χ2n) is 4.88. The quantitative estimate of drug-likeness (QED) is 0.856.